The number of carbonyl (C=O) groups is 1. The largest absolute Gasteiger partial charge is 0.450 e. The summed E-state index contributed by atoms with van der Waals surface area (Å²) in [5, 5.41) is 9.29. The third-order valence-corrected chi connectivity index (χ3v) is 4.27. The SMILES string of the molecule is CCOC(=O)N1CCC(C2(C#N)CCC2)CC1. The van der Waals surface area contributed by atoms with E-state index in [0.717, 1.165) is 38.8 Å². The van der Waals surface area contributed by atoms with Crippen LogP contribution >= 0.6 is 0 Å². The van der Waals surface area contributed by atoms with Gasteiger partial charge in [-0.05, 0) is 38.5 Å². The Bertz CT molecular complexity index is 323. The van der Waals surface area contributed by atoms with Crippen LogP contribution in [0.5, 0.6) is 0 Å². The van der Waals surface area contributed by atoms with Crippen molar-refractivity contribution in [2.24, 2.45) is 11.3 Å². The first-order chi connectivity index (χ1) is 8.22. The van der Waals surface area contributed by atoms with E-state index >= 15 is 0 Å². The fraction of sp³-hybridized carbons (Fsp3) is 0.846. The van der Waals surface area contributed by atoms with Gasteiger partial charge in [0.05, 0.1) is 18.1 Å². The normalized spacial score (nSPS) is 23.6. The third kappa shape index (κ3) is 2.24. The first-order valence-electron chi connectivity index (χ1n) is 6.55. The first kappa shape index (κ1) is 12.2. The second-order valence-electron chi connectivity index (χ2n) is 5.08. The van der Waals surface area contributed by atoms with Crippen LogP contribution in [0.3, 0.4) is 0 Å². The molecular weight excluding hydrogens is 216 g/mol. The predicted octanol–water partition coefficient (Wildman–Crippen LogP) is 2.55. The highest BCUT2D eigenvalue weighted by atomic mass is 16.6. The van der Waals surface area contributed by atoms with Crippen molar-refractivity contribution in [1.29, 1.82) is 5.26 Å². The van der Waals surface area contributed by atoms with Crippen molar-refractivity contribution in [2.75, 3.05) is 19.7 Å². The Kier molecular flexibility index (Phi) is 3.56. The molecule has 1 aliphatic carbocycles. The molecule has 1 amide bonds. The number of ether oxygens (including phenoxy) is 1. The molecule has 17 heavy (non-hydrogen) atoms. The lowest BCUT2D eigenvalue weighted by molar-refractivity contribution is 0.0454. The molecule has 0 aromatic rings. The quantitative estimate of drug-likeness (QED) is 0.740. The van der Waals surface area contributed by atoms with Gasteiger partial charge in [-0.2, -0.15) is 5.26 Å². The van der Waals surface area contributed by atoms with E-state index in [9.17, 15) is 10.1 Å². The Balaban J connectivity index is 1.86. The zero-order valence-electron chi connectivity index (χ0n) is 10.4. The maximum absolute atomic E-state index is 11.5. The zero-order chi connectivity index (χ0) is 12.3. The molecule has 0 aromatic carbocycles. The second-order valence-corrected chi connectivity index (χ2v) is 5.08. The fourth-order valence-electron chi connectivity index (χ4n) is 3.00. The summed E-state index contributed by atoms with van der Waals surface area (Å²) in [6.45, 7) is 3.74. The fourth-order valence-corrected chi connectivity index (χ4v) is 3.00. The first-order valence-corrected chi connectivity index (χ1v) is 6.55. The molecular formula is C13H20N2O2. The number of nitrogens with zero attached hydrogens (tertiary/aromatic N) is 2. The van der Waals surface area contributed by atoms with Crippen LogP contribution in [0.15, 0.2) is 0 Å². The van der Waals surface area contributed by atoms with Crippen molar-refractivity contribution in [3.05, 3.63) is 0 Å². The van der Waals surface area contributed by atoms with Gasteiger partial charge >= 0.3 is 6.09 Å². The van der Waals surface area contributed by atoms with Gasteiger partial charge in [-0.1, -0.05) is 6.42 Å². The van der Waals surface area contributed by atoms with Gasteiger partial charge in [-0.25, -0.2) is 4.79 Å². The lowest BCUT2D eigenvalue weighted by Crippen LogP contribution is -2.45. The number of likely N-dealkylation sites (tertiary alicyclic amines) is 1. The molecule has 2 aliphatic rings. The van der Waals surface area contributed by atoms with Gasteiger partial charge < -0.3 is 9.64 Å². The second kappa shape index (κ2) is 4.95. The van der Waals surface area contributed by atoms with Crippen LogP contribution in [0.4, 0.5) is 4.79 Å². The summed E-state index contributed by atoms with van der Waals surface area (Å²) in [7, 11) is 0. The molecule has 2 rings (SSSR count). The Morgan fingerprint density at radius 3 is 2.53 bits per heavy atom. The maximum atomic E-state index is 11.5. The molecule has 0 N–H and O–H groups in total. The predicted molar refractivity (Wildman–Crippen MR) is 63.2 cm³/mol. The lowest BCUT2D eigenvalue weighted by Gasteiger charge is -2.45. The molecule has 0 spiro atoms. The van der Waals surface area contributed by atoms with E-state index in [2.05, 4.69) is 6.07 Å². The Labute approximate surface area is 103 Å². The Morgan fingerprint density at radius 2 is 2.12 bits per heavy atom. The summed E-state index contributed by atoms with van der Waals surface area (Å²) < 4.78 is 4.99. The molecule has 94 valence electrons. The van der Waals surface area contributed by atoms with E-state index in [1.54, 1.807) is 4.90 Å². The summed E-state index contributed by atoms with van der Waals surface area (Å²) in [6, 6.07) is 2.52. The summed E-state index contributed by atoms with van der Waals surface area (Å²) in [5.41, 5.74) is -0.0687. The van der Waals surface area contributed by atoms with E-state index in [4.69, 9.17) is 4.74 Å². The molecule has 0 bridgehead atoms. The van der Waals surface area contributed by atoms with Gasteiger partial charge in [-0.15, -0.1) is 0 Å². The van der Waals surface area contributed by atoms with Gasteiger partial charge in [0, 0.05) is 13.1 Å². The lowest BCUT2D eigenvalue weighted by atomic mass is 9.59. The van der Waals surface area contributed by atoms with Crippen LogP contribution < -0.4 is 0 Å². The molecule has 1 heterocycles. The van der Waals surface area contributed by atoms with Crippen molar-refractivity contribution in [1.82, 2.24) is 4.90 Å². The van der Waals surface area contributed by atoms with Gasteiger partial charge in [0.2, 0.25) is 0 Å². The number of amides is 1. The molecule has 2 fully saturated rings. The van der Waals surface area contributed by atoms with Crippen LogP contribution in [0.2, 0.25) is 0 Å². The van der Waals surface area contributed by atoms with E-state index in [1.165, 1.54) is 6.42 Å². The third-order valence-electron chi connectivity index (χ3n) is 4.27. The number of carbonyl (C=O) groups excluding carboxylic acids is 1. The topological polar surface area (TPSA) is 53.3 Å². The van der Waals surface area contributed by atoms with E-state index in [-0.39, 0.29) is 11.5 Å². The van der Waals surface area contributed by atoms with E-state index in [0.29, 0.717) is 12.5 Å². The smallest absolute Gasteiger partial charge is 0.409 e. The van der Waals surface area contributed by atoms with Crippen molar-refractivity contribution < 1.29 is 9.53 Å². The summed E-state index contributed by atoms with van der Waals surface area (Å²) >= 11 is 0. The Morgan fingerprint density at radius 1 is 1.47 bits per heavy atom. The average Bonchev–Trinajstić information content (AvgIpc) is 2.29. The van der Waals surface area contributed by atoms with Crippen molar-refractivity contribution in [2.45, 2.75) is 39.0 Å². The monoisotopic (exact) mass is 236 g/mol. The number of hydrogen-bond donors (Lipinski definition) is 0. The molecule has 0 unspecified atom stereocenters. The van der Waals surface area contributed by atoms with Crippen molar-refractivity contribution in [3.63, 3.8) is 0 Å². The molecule has 1 saturated carbocycles. The molecule has 4 nitrogen and oxygen atoms in total. The molecule has 0 aromatic heterocycles. The highest BCUT2D eigenvalue weighted by molar-refractivity contribution is 5.67. The standard InChI is InChI=1S/C13H20N2O2/c1-2-17-12(16)15-8-4-11(5-9-15)13(10-14)6-3-7-13/h11H,2-9H2,1H3. The molecule has 1 saturated heterocycles. The van der Waals surface area contributed by atoms with Crippen LogP contribution in [0.1, 0.15) is 39.0 Å². The van der Waals surface area contributed by atoms with Crippen molar-refractivity contribution in [3.8, 4) is 6.07 Å². The summed E-state index contributed by atoms with van der Waals surface area (Å²) in [5.74, 6) is 0.479. The maximum Gasteiger partial charge on any atom is 0.409 e. The van der Waals surface area contributed by atoms with E-state index < -0.39 is 0 Å². The number of rotatable bonds is 2. The molecule has 0 radical (unpaired) electrons. The molecule has 1 aliphatic heterocycles. The Hall–Kier alpha value is -1.24. The molecule has 0 atom stereocenters. The number of piperidine rings is 1. The zero-order valence-corrected chi connectivity index (χ0v) is 10.4. The minimum absolute atomic E-state index is 0.0687. The molecule has 4 heteroatoms. The number of nitriles is 1. The minimum atomic E-state index is -0.203. The number of hydrogen-bond acceptors (Lipinski definition) is 3. The van der Waals surface area contributed by atoms with Gasteiger partial charge in [-0.3, -0.25) is 0 Å². The van der Waals surface area contributed by atoms with Crippen LogP contribution in [-0.2, 0) is 4.74 Å². The summed E-state index contributed by atoms with van der Waals surface area (Å²) in [6.07, 6.45) is 4.98. The van der Waals surface area contributed by atoms with Gasteiger partial charge in [0.15, 0.2) is 0 Å². The van der Waals surface area contributed by atoms with Gasteiger partial charge in [0.1, 0.15) is 0 Å². The van der Waals surface area contributed by atoms with Gasteiger partial charge in [0.25, 0.3) is 0 Å². The highest BCUT2D eigenvalue weighted by Gasteiger charge is 2.45. The minimum Gasteiger partial charge on any atom is -0.450 e. The summed E-state index contributed by atoms with van der Waals surface area (Å²) in [4.78, 5) is 13.3. The van der Waals surface area contributed by atoms with Crippen LogP contribution in [0.25, 0.3) is 0 Å². The highest BCUT2D eigenvalue weighted by Crippen LogP contribution is 2.50. The van der Waals surface area contributed by atoms with E-state index in [1.807, 2.05) is 6.92 Å². The van der Waals surface area contributed by atoms with Crippen LogP contribution in [-0.4, -0.2) is 30.7 Å². The average molecular weight is 236 g/mol. The van der Waals surface area contributed by atoms with Crippen molar-refractivity contribution >= 4 is 6.09 Å². The van der Waals surface area contributed by atoms with Crippen LogP contribution in [0, 0.1) is 22.7 Å².